The normalized spacial score (nSPS) is 12.8. The SMILES string of the molecule is COc1ccc(-c2csc(=Nc3ccc(C)c(C)c3)n2Cc2ccc3c(c2)OCO3)c(OC)c1. The van der Waals surface area contributed by atoms with Crippen LogP contribution < -0.4 is 23.7 Å². The molecule has 174 valence electrons. The summed E-state index contributed by atoms with van der Waals surface area (Å²) in [5.74, 6) is 3.04. The Hall–Kier alpha value is -3.71. The molecule has 0 spiro atoms. The first kappa shape index (κ1) is 22.1. The Bertz CT molecular complexity index is 1420. The van der Waals surface area contributed by atoms with Crippen molar-refractivity contribution in [3.63, 3.8) is 0 Å². The van der Waals surface area contributed by atoms with Gasteiger partial charge >= 0.3 is 0 Å². The predicted octanol–water partition coefficient (Wildman–Crippen LogP) is 5.86. The van der Waals surface area contributed by atoms with Gasteiger partial charge in [0.2, 0.25) is 6.79 Å². The Labute approximate surface area is 202 Å². The average Bonchev–Trinajstić information content (AvgIpc) is 3.48. The van der Waals surface area contributed by atoms with Gasteiger partial charge in [-0.1, -0.05) is 12.1 Å². The van der Waals surface area contributed by atoms with Gasteiger partial charge in [-0.25, -0.2) is 4.99 Å². The number of thiazole rings is 1. The van der Waals surface area contributed by atoms with Gasteiger partial charge < -0.3 is 23.5 Å². The van der Waals surface area contributed by atoms with E-state index in [1.807, 2.05) is 30.3 Å². The van der Waals surface area contributed by atoms with Crippen LogP contribution in [-0.4, -0.2) is 25.6 Å². The van der Waals surface area contributed by atoms with E-state index in [2.05, 4.69) is 48.1 Å². The number of hydrogen-bond acceptors (Lipinski definition) is 6. The van der Waals surface area contributed by atoms with Crippen LogP contribution >= 0.6 is 11.3 Å². The minimum Gasteiger partial charge on any atom is -0.497 e. The largest absolute Gasteiger partial charge is 0.497 e. The fraction of sp³-hybridized carbons (Fsp3) is 0.222. The van der Waals surface area contributed by atoms with Crippen LogP contribution in [0.15, 0.2) is 65.0 Å². The first-order chi connectivity index (χ1) is 16.6. The minimum absolute atomic E-state index is 0.256. The summed E-state index contributed by atoms with van der Waals surface area (Å²) >= 11 is 1.60. The van der Waals surface area contributed by atoms with Crippen molar-refractivity contribution in [1.82, 2.24) is 4.57 Å². The molecule has 3 aromatic carbocycles. The molecular weight excluding hydrogens is 448 g/mol. The smallest absolute Gasteiger partial charge is 0.231 e. The molecule has 0 fully saturated rings. The number of hydrogen-bond donors (Lipinski definition) is 0. The molecule has 0 amide bonds. The number of benzene rings is 3. The van der Waals surface area contributed by atoms with Crippen molar-refractivity contribution >= 4 is 17.0 Å². The average molecular weight is 475 g/mol. The molecule has 1 aliphatic rings. The molecule has 1 aromatic heterocycles. The van der Waals surface area contributed by atoms with Crippen LogP contribution in [-0.2, 0) is 6.54 Å². The van der Waals surface area contributed by atoms with Crippen molar-refractivity contribution in [2.45, 2.75) is 20.4 Å². The molecule has 4 aromatic rings. The van der Waals surface area contributed by atoms with Crippen molar-refractivity contribution in [3.8, 4) is 34.3 Å². The molecule has 7 heteroatoms. The molecule has 0 saturated heterocycles. The van der Waals surface area contributed by atoms with E-state index >= 15 is 0 Å². The predicted molar refractivity (Wildman–Crippen MR) is 134 cm³/mol. The summed E-state index contributed by atoms with van der Waals surface area (Å²) in [6, 6.07) is 18.2. The molecule has 1 aliphatic heterocycles. The van der Waals surface area contributed by atoms with Crippen LogP contribution in [0.3, 0.4) is 0 Å². The van der Waals surface area contributed by atoms with Gasteiger partial charge in [-0.05, 0) is 66.9 Å². The lowest BCUT2D eigenvalue weighted by Crippen LogP contribution is -2.17. The van der Waals surface area contributed by atoms with Gasteiger partial charge in [0.1, 0.15) is 11.5 Å². The highest BCUT2D eigenvalue weighted by Crippen LogP contribution is 2.36. The van der Waals surface area contributed by atoms with Crippen LogP contribution in [0.2, 0.25) is 0 Å². The lowest BCUT2D eigenvalue weighted by atomic mass is 10.1. The number of aryl methyl sites for hydroxylation is 2. The van der Waals surface area contributed by atoms with E-state index < -0.39 is 0 Å². The molecule has 5 rings (SSSR count). The Kier molecular flexibility index (Phi) is 6.02. The van der Waals surface area contributed by atoms with Crippen LogP contribution in [0.5, 0.6) is 23.0 Å². The van der Waals surface area contributed by atoms with E-state index in [4.69, 9.17) is 23.9 Å². The summed E-state index contributed by atoms with van der Waals surface area (Å²) in [5, 5.41) is 2.12. The number of methoxy groups -OCH3 is 2. The molecule has 0 aliphatic carbocycles. The van der Waals surface area contributed by atoms with Crippen LogP contribution in [0, 0.1) is 13.8 Å². The maximum Gasteiger partial charge on any atom is 0.231 e. The van der Waals surface area contributed by atoms with Crippen molar-refractivity contribution in [3.05, 3.63) is 81.5 Å². The zero-order valence-electron chi connectivity index (χ0n) is 19.6. The maximum atomic E-state index is 5.71. The molecule has 0 saturated carbocycles. The molecule has 0 radical (unpaired) electrons. The first-order valence-corrected chi connectivity index (χ1v) is 11.8. The number of rotatable bonds is 6. The molecule has 34 heavy (non-hydrogen) atoms. The van der Waals surface area contributed by atoms with Gasteiger partial charge in [-0.3, -0.25) is 0 Å². The van der Waals surface area contributed by atoms with E-state index in [1.54, 1.807) is 25.6 Å². The summed E-state index contributed by atoms with van der Waals surface area (Å²) in [5.41, 5.74) is 6.49. The van der Waals surface area contributed by atoms with Crippen LogP contribution in [0.25, 0.3) is 11.3 Å². The molecule has 0 atom stereocenters. The maximum absolute atomic E-state index is 5.71. The third-order valence-corrected chi connectivity index (χ3v) is 6.84. The van der Waals surface area contributed by atoms with Gasteiger partial charge in [0, 0.05) is 17.0 Å². The Morgan fingerprint density at radius 1 is 0.912 bits per heavy atom. The van der Waals surface area contributed by atoms with Crippen molar-refractivity contribution in [1.29, 1.82) is 0 Å². The van der Waals surface area contributed by atoms with Gasteiger partial charge in [0.05, 0.1) is 32.1 Å². The van der Waals surface area contributed by atoms with Gasteiger partial charge in [-0.15, -0.1) is 11.3 Å². The second-order valence-electron chi connectivity index (χ2n) is 8.12. The number of aromatic nitrogens is 1. The molecule has 6 nitrogen and oxygen atoms in total. The summed E-state index contributed by atoms with van der Waals surface area (Å²) in [7, 11) is 3.33. The monoisotopic (exact) mass is 474 g/mol. The highest BCUT2D eigenvalue weighted by Gasteiger charge is 2.17. The Morgan fingerprint density at radius 2 is 1.76 bits per heavy atom. The summed E-state index contributed by atoms with van der Waals surface area (Å²) in [6.45, 7) is 5.09. The lowest BCUT2D eigenvalue weighted by Gasteiger charge is -2.14. The zero-order valence-corrected chi connectivity index (χ0v) is 20.4. The van der Waals surface area contributed by atoms with Gasteiger partial charge in [0.25, 0.3) is 0 Å². The molecule has 0 bridgehead atoms. The van der Waals surface area contributed by atoms with Crippen molar-refractivity contribution in [2.75, 3.05) is 21.0 Å². The second-order valence-corrected chi connectivity index (χ2v) is 8.96. The molecular formula is C27H26N2O4S. The number of nitrogens with zero attached hydrogens (tertiary/aromatic N) is 2. The third-order valence-electron chi connectivity index (χ3n) is 5.98. The van der Waals surface area contributed by atoms with E-state index in [-0.39, 0.29) is 6.79 Å². The van der Waals surface area contributed by atoms with Crippen LogP contribution in [0.4, 0.5) is 5.69 Å². The topological polar surface area (TPSA) is 54.2 Å². The fourth-order valence-corrected chi connectivity index (χ4v) is 4.84. The highest BCUT2D eigenvalue weighted by atomic mass is 32.1. The Morgan fingerprint density at radius 3 is 2.56 bits per heavy atom. The standard InChI is InChI=1S/C27H26N2O4S/c1-17-5-7-20(11-18(17)2)28-27-29(14-19-6-10-24-26(12-19)33-16-32-24)23(15-34-27)22-9-8-21(30-3)13-25(22)31-4/h5-13,15H,14,16H2,1-4H3. The van der Waals surface area contributed by atoms with E-state index in [9.17, 15) is 0 Å². The van der Waals surface area contributed by atoms with Crippen molar-refractivity contribution in [2.24, 2.45) is 4.99 Å². The van der Waals surface area contributed by atoms with E-state index in [0.717, 1.165) is 50.3 Å². The summed E-state index contributed by atoms with van der Waals surface area (Å²) < 4.78 is 24.4. The fourth-order valence-electron chi connectivity index (χ4n) is 3.92. The van der Waals surface area contributed by atoms with E-state index in [1.165, 1.54) is 11.1 Å². The van der Waals surface area contributed by atoms with Gasteiger partial charge in [-0.2, -0.15) is 0 Å². The van der Waals surface area contributed by atoms with E-state index in [0.29, 0.717) is 6.54 Å². The van der Waals surface area contributed by atoms with Crippen molar-refractivity contribution < 1.29 is 18.9 Å². The highest BCUT2D eigenvalue weighted by molar-refractivity contribution is 7.07. The van der Waals surface area contributed by atoms with Gasteiger partial charge in [0.15, 0.2) is 16.3 Å². The first-order valence-electron chi connectivity index (χ1n) is 11.0. The zero-order chi connectivity index (χ0) is 23.7. The summed E-state index contributed by atoms with van der Waals surface area (Å²) in [6.07, 6.45) is 0. The third kappa shape index (κ3) is 4.26. The van der Waals surface area contributed by atoms with Crippen LogP contribution in [0.1, 0.15) is 16.7 Å². The second kappa shape index (κ2) is 9.27. The molecule has 0 N–H and O–H groups in total. The Balaban J connectivity index is 1.65. The number of fused-ring (bicyclic) bond motifs is 1. The molecule has 2 heterocycles. The summed E-state index contributed by atoms with van der Waals surface area (Å²) in [4.78, 5) is 5.90. The quantitative estimate of drug-likeness (QED) is 0.351. The number of ether oxygens (including phenoxy) is 4. The lowest BCUT2D eigenvalue weighted by molar-refractivity contribution is 0.174. The minimum atomic E-state index is 0.256. The molecule has 0 unspecified atom stereocenters.